The van der Waals surface area contributed by atoms with Gasteiger partial charge in [-0.2, -0.15) is 0 Å². The Kier molecular flexibility index (Phi) is 5.17. The van der Waals surface area contributed by atoms with E-state index >= 15 is 0 Å². The molecule has 1 aliphatic rings. The fourth-order valence-electron chi connectivity index (χ4n) is 2.06. The van der Waals surface area contributed by atoms with Crippen LogP contribution in [0.15, 0.2) is 46.3 Å². The highest BCUT2D eigenvalue weighted by Crippen LogP contribution is 2.31. The maximum absolute atomic E-state index is 12.1. The van der Waals surface area contributed by atoms with Gasteiger partial charge in [0.1, 0.15) is 5.75 Å². The number of amides is 1. The van der Waals surface area contributed by atoms with E-state index in [0.29, 0.717) is 15.1 Å². The summed E-state index contributed by atoms with van der Waals surface area (Å²) in [6.45, 7) is 1.94. The molecule has 0 spiro atoms. The molecular formula is C17H12ClIN2O2S. The molecule has 0 unspecified atom stereocenters. The molecule has 3 rings (SSSR count). The van der Waals surface area contributed by atoms with Gasteiger partial charge in [-0.25, -0.2) is 4.99 Å². The average Bonchev–Trinajstić information content (AvgIpc) is 2.86. The molecule has 24 heavy (non-hydrogen) atoms. The summed E-state index contributed by atoms with van der Waals surface area (Å²) in [7, 11) is 0. The first kappa shape index (κ1) is 17.3. The molecule has 1 amide bonds. The van der Waals surface area contributed by atoms with E-state index in [1.165, 1.54) is 11.8 Å². The topological polar surface area (TPSA) is 61.7 Å². The lowest BCUT2D eigenvalue weighted by molar-refractivity contribution is -0.115. The van der Waals surface area contributed by atoms with Crippen molar-refractivity contribution in [3.8, 4) is 5.75 Å². The number of nitrogens with zero attached hydrogens (tertiary/aromatic N) is 1. The number of phenols is 1. The van der Waals surface area contributed by atoms with Crippen molar-refractivity contribution >= 4 is 68.8 Å². The summed E-state index contributed by atoms with van der Waals surface area (Å²) in [6, 6.07) is 10.6. The van der Waals surface area contributed by atoms with E-state index < -0.39 is 0 Å². The van der Waals surface area contributed by atoms with Crippen LogP contribution < -0.4 is 5.32 Å². The average molecular weight is 471 g/mol. The van der Waals surface area contributed by atoms with E-state index in [1.807, 2.05) is 41.6 Å². The maximum Gasteiger partial charge on any atom is 0.264 e. The van der Waals surface area contributed by atoms with E-state index in [-0.39, 0.29) is 11.7 Å². The molecule has 1 saturated heterocycles. The minimum Gasteiger partial charge on any atom is -0.507 e. The summed E-state index contributed by atoms with van der Waals surface area (Å²) >= 11 is 9.32. The molecule has 1 aliphatic heterocycles. The minimum atomic E-state index is -0.193. The first-order chi connectivity index (χ1) is 11.4. The molecule has 0 aromatic heterocycles. The maximum atomic E-state index is 12.1. The van der Waals surface area contributed by atoms with Crippen LogP contribution in [-0.2, 0) is 4.79 Å². The summed E-state index contributed by atoms with van der Waals surface area (Å²) in [5.74, 6) is 0.0291. The first-order valence-corrected chi connectivity index (χ1v) is 9.24. The second-order valence-corrected chi connectivity index (χ2v) is 7.75. The van der Waals surface area contributed by atoms with Crippen LogP contribution in [-0.4, -0.2) is 16.2 Å². The van der Waals surface area contributed by atoms with E-state index in [1.54, 1.807) is 30.3 Å². The molecule has 0 radical (unpaired) electrons. The van der Waals surface area contributed by atoms with Crippen molar-refractivity contribution in [1.29, 1.82) is 0 Å². The predicted molar refractivity (Wildman–Crippen MR) is 108 cm³/mol. The summed E-state index contributed by atoms with van der Waals surface area (Å²) in [4.78, 5) is 17.1. The van der Waals surface area contributed by atoms with Gasteiger partial charge in [0.05, 0.1) is 14.2 Å². The highest BCUT2D eigenvalue weighted by Gasteiger charge is 2.24. The van der Waals surface area contributed by atoms with E-state index in [0.717, 1.165) is 20.4 Å². The molecule has 4 nitrogen and oxygen atoms in total. The van der Waals surface area contributed by atoms with Gasteiger partial charge in [0.15, 0.2) is 5.17 Å². The molecule has 2 N–H and O–H groups in total. The SMILES string of the molecule is Cc1ccc(Cl)cc1N=C1NC(=O)C(=Cc2ccc(O)c(I)c2)S1. The normalized spacial score (nSPS) is 17.5. The van der Waals surface area contributed by atoms with Crippen LogP contribution >= 0.6 is 46.0 Å². The number of aliphatic imine (C=N–C) groups is 1. The second-order valence-electron chi connectivity index (χ2n) is 5.12. The third kappa shape index (κ3) is 3.93. The number of benzene rings is 2. The van der Waals surface area contributed by atoms with Crippen molar-refractivity contribution in [2.24, 2.45) is 4.99 Å². The Morgan fingerprint density at radius 3 is 2.83 bits per heavy atom. The van der Waals surface area contributed by atoms with Gasteiger partial charge >= 0.3 is 0 Å². The Bertz CT molecular complexity index is 896. The van der Waals surface area contributed by atoms with E-state index in [9.17, 15) is 9.90 Å². The third-order valence-corrected chi connectivity index (χ3v) is 5.32. The van der Waals surface area contributed by atoms with Gasteiger partial charge < -0.3 is 10.4 Å². The number of thioether (sulfide) groups is 1. The van der Waals surface area contributed by atoms with Crippen LogP contribution in [0.1, 0.15) is 11.1 Å². The molecule has 0 atom stereocenters. The number of amidine groups is 1. The smallest absolute Gasteiger partial charge is 0.264 e. The molecule has 0 bridgehead atoms. The number of hydrogen-bond donors (Lipinski definition) is 2. The highest BCUT2D eigenvalue weighted by molar-refractivity contribution is 14.1. The fraction of sp³-hybridized carbons (Fsp3) is 0.0588. The van der Waals surface area contributed by atoms with Crippen molar-refractivity contribution in [3.05, 3.63) is 61.0 Å². The molecule has 122 valence electrons. The number of rotatable bonds is 2. The zero-order valence-corrected chi connectivity index (χ0v) is 16.2. The number of aromatic hydroxyl groups is 1. The van der Waals surface area contributed by atoms with Crippen molar-refractivity contribution in [2.75, 3.05) is 0 Å². The van der Waals surface area contributed by atoms with Crippen LogP contribution in [0.3, 0.4) is 0 Å². The summed E-state index contributed by atoms with van der Waals surface area (Å²) in [5.41, 5.74) is 2.55. The first-order valence-electron chi connectivity index (χ1n) is 6.96. The van der Waals surface area contributed by atoms with Crippen molar-refractivity contribution in [1.82, 2.24) is 5.32 Å². The van der Waals surface area contributed by atoms with Gasteiger partial charge in [-0.1, -0.05) is 23.7 Å². The van der Waals surface area contributed by atoms with Crippen LogP contribution in [0.5, 0.6) is 5.75 Å². The zero-order chi connectivity index (χ0) is 17.3. The monoisotopic (exact) mass is 470 g/mol. The Morgan fingerprint density at radius 2 is 2.08 bits per heavy atom. The number of halogens is 2. The van der Waals surface area contributed by atoms with E-state index in [4.69, 9.17) is 11.6 Å². The molecule has 2 aromatic rings. The molecule has 2 aromatic carbocycles. The molecule has 1 fully saturated rings. The lowest BCUT2D eigenvalue weighted by atomic mass is 10.2. The summed E-state index contributed by atoms with van der Waals surface area (Å²) in [5, 5.41) is 13.4. The zero-order valence-electron chi connectivity index (χ0n) is 12.5. The number of hydrogen-bond acceptors (Lipinski definition) is 4. The van der Waals surface area contributed by atoms with Gasteiger partial charge in [0.2, 0.25) is 0 Å². The Balaban J connectivity index is 1.87. The lowest BCUT2D eigenvalue weighted by Gasteiger charge is -2.01. The number of carbonyl (C=O) groups excluding carboxylic acids is 1. The molecule has 1 heterocycles. The van der Waals surface area contributed by atoms with Crippen molar-refractivity contribution < 1.29 is 9.90 Å². The summed E-state index contributed by atoms with van der Waals surface area (Å²) < 4.78 is 0.730. The predicted octanol–water partition coefficient (Wildman–Crippen LogP) is 4.85. The fourth-order valence-corrected chi connectivity index (χ4v) is 3.60. The Morgan fingerprint density at radius 1 is 1.29 bits per heavy atom. The minimum absolute atomic E-state index is 0.193. The molecule has 7 heteroatoms. The van der Waals surface area contributed by atoms with Gasteiger partial charge in [0.25, 0.3) is 5.91 Å². The number of aryl methyl sites for hydroxylation is 1. The van der Waals surface area contributed by atoms with Gasteiger partial charge in [-0.3, -0.25) is 4.79 Å². The van der Waals surface area contributed by atoms with Gasteiger partial charge in [0, 0.05) is 5.02 Å². The van der Waals surface area contributed by atoms with Crippen LogP contribution in [0.2, 0.25) is 5.02 Å². The quantitative estimate of drug-likeness (QED) is 0.487. The largest absolute Gasteiger partial charge is 0.507 e. The molecule has 0 saturated carbocycles. The van der Waals surface area contributed by atoms with Crippen molar-refractivity contribution in [2.45, 2.75) is 6.92 Å². The Hall–Kier alpha value is -1.51. The number of phenolic OH excluding ortho intramolecular Hbond substituents is 1. The number of carbonyl (C=O) groups is 1. The third-order valence-electron chi connectivity index (χ3n) is 3.31. The van der Waals surface area contributed by atoms with Gasteiger partial charge in [-0.05, 0) is 82.7 Å². The highest BCUT2D eigenvalue weighted by atomic mass is 127. The van der Waals surface area contributed by atoms with Gasteiger partial charge in [-0.15, -0.1) is 0 Å². The van der Waals surface area contributed by atoms with Crippen LogP contribution in [0.25, 0.3) is 6.08 Å². The molecular weight excluding hydrogens is 459 g/mol. The van der Waals surface area contributed by atoms with Crippen LogP contribution in [0, 0.1) is 10.5 Å². The van der Waals surface area contributed by atoms with E-state index in [2.05, 4.69) is 10.3 Å². The second kappa shape index (κ2) is 7.16. The standard InChI is InChI=1S/C17H12ClIN2O2S/c1-9-2-4-11(18)8-13(9)20-17-21-16(23)15(24-17)7-10-3-5-14(22)12(19)6-10/h2-8,22H,1H3,(H,20,21,23). The van der Waals surface area contributed by atoms with Crippen LogP contribution in [0.4, 0.5) is 5.69 Å². The van der Waals surface area contributed by atoms with Crippen molar-refractivity contribution in [3.63, 3.8) is 0 Å². The number of nitrogens with one attached hydrogen (secondary N) is 1. The Labute approximate surface area is 162 Å². The lowest BCUT2D eigenvalue weighted by Crippen LogP contribution is -2.19. The summed E-state index contributed by atoms with van der Waals surface area (Å²) in [6.07, 6.45) is 1.77. The molecule has 0 aliphatic carbocycles.